The fourth-order valence-electron chi connectivity index (χ4n) is 1.89. The average Bonchev–Trinajstić information content (AvgIpc) is 2.67. The van der Waals surface area contributed by atoms with E-state index < -0.39 is 0 Å². The molecule has 3 heteroatoms. The van der Waals surface area contributed by atoms with E-state index in [0.29, 0.717) is 0 Å². The SMILES string of the molecule is C=C/C(=C\CC)C1C#CC(N)N2C=CC=CC2=N1.CC. The second kappa shape index (κ2) is 8.19. The van der Waals surface area contributed by atoms with Gasteiger partial charge in [0.25, 0.3) is 0 Å². The minimum absolute atomic E-state index is 0.176. The molecule has 3 nitrogen and oxygen atoms in total. The van der Waals surface area contributed by atoms with Crippen molar-refractivity contribution < 1.29 is 0 Å². The van der Waals surface area contributed by atoms with Crippen molar-refractivity contribution in [3.05, 3.63) is 48.7 Å². The van der Waals surface area contributed by atoms with Gasteiger partial charge in [0.15, 0.2) is 0 Å². The van der Waals surface area contributed by atoms with Gasteiger partial charge < -0.3 is 10.6 Å². The molecule has 2 atom stereocenters. The van der Waals surface area contributed by atoms with Crippen LogP contribution in [-0.2, 0) is 0 Å². The molecular formula is C17H23N3. The molecule has 0 spiro atoms. The zero-order valence-corrected chi connectivity index (χ0v) is 12.5. The molecule has 2 heterocycles. The van der Waals surface area contributed by atoms with Crippen molar-refractivity contribution in [2.24, 2.45) is 10.7 Å². The van der Waals surface area contributed by atoms with E-state index in [2.05, 4.69) is 36.4 Å². The van der Waals surface area contributed by atoms with Crippen LogP contribution in [0.2, 0.25) is 0 Å². The first-order valence-corrected chi connectivity index (χ1v) is 7.06. The summed E-state index contributed by atoms with van der Waals surface area (Å²) in [5.74, 6) is 6.97. The number of amidine groups is 1. The Hall–Kier alpha value is -2.05. The summed E-state index contributed by atoms with van der Waals surface area (Å²) >= 11 is 0. The third-order valence-corrected chi connectivity index (χ3v) is 2.79. The zero-order chi connectivity index (χ0) is 15.0. The maximum atomic E-state index is 6.01. The van der Waals surface area contributed by atoms with Gasteiger partial charge in [-0.1, -0.05) is 57.4 Å². The minimum atomic E-state index is -0.345. The van der Waals surface area contributed by atoms with Crippen molar-refractivity contribution >= 4 is 5.84 Å². The van der Waals surface area contributed by atoms with E-state index in [1.54, 1.807) is 0 Å². The summed E-state index contributed by atoms with van der Waals surface area (Å²) in [5.41, 5.74) is 7.04. The topological polar surface area (TPSA) is 41.6 Å². The summed E-state index contributed by atoms with van der Waals surface area (Å²) in [4.78, 5) is 6.52. The predicted octanol–water partition coefficient (Wildman–Crippen LogP) is 2.99. The van der Waals surface area contributed by atoms with E-state index in [1.165, 1.54) is 0 Å². The van der Waals surface area contributed by atoms with Crippen molar-refractivity contribution in [1.82, 2.24) is 4.90 Å². The molecule has 0 fully saturated rings. The van der Waals surface area contributed by atoms with Crippen LogP contribution in [0.3, 0.4) is 0 Å². The molecule has 0 radical (unpaired) electrons. The minimum Gasteiger partial charge on any atom is -0.306 e. The first-order chi connectivity index (χ1) is 9.76. The van der Waals surface area contributed by atoms with Crippen molar-refractivity contribution in [2.45, 2.75) is 39.4 Å². The van der Waals surface area contributed by atoms with E-state index >= 15 is 0 Å². The third-order valence-electron chi connectivity index (χ3n) is 2.79. The van der Waals surface area contributed by atoms with E-state index in [1.807, 2.05) is 49.3 Å². The highest BCUT2D eigenvalue weighted by Crippen LogP contribution is 2.15. The van der Waals surface area contributed by atoms with Crippen LogP contribution in [-0.4, -0.2) is 22.9 Å². The lowest BCUT2D eigenvalue weighted by molar-refractivity contribution is 0.494. The van der Waals surface area contributed by atoms with Gasteiger partial charge in [-0.3, -0.25) is 0 Å². The van der Waals surface area contributed by atoms with Gasteiger partial charge in [-0.25, -0.2) is 4.99 Å². The molecule has 0 aromatic heterocycles. The number of fused-ring (bicyclic) bond motifs is 1. The van der Waals surface area contributed by atoms with Gasteiger partial charge in [-0.15, -0.1) is 0 Å². The molecule has 0 aliphatic carbocycles. The molecule has 106 valence electrons. The molecule has 0 bridgehead atoms. The van der Waals surface area contributed by atoms with Crippen molar-refractivity contribution in [1.29, 1.82) is 0 Å². The summed E-state index contributed by atoms with van der Waals surface area (Å²) < 4.78 is 0. The molecule has 0 aromatic rings. The molecule has 0 amide bonds. The van der Waals surface area contributed by atoms with Gasteiger partial charge in [0, 0.05) is 6.20 Å². The Morgan fingerprint density at radius 1 is 1.45 bits per heavy atom. The number of nitrogens with two attached hydrogens (primary N) is 1. The summed E-state index contributed by atoms with van der Waals surface area (Å²) in [7, 11) is 0. The lowest BCUT2D eigenvalue weighted by Gasteiger charge is -2.24. The van der Waals surface area contributed by atoms with E-state index in [4.69, 9.17) is 5.73 Å². The normalized spacial score (nSPS) is 23.5. The number of nitrogens with zero attached hydrogens (tertiary/aromatic N) is 2. The number of hydrogen-bond acceptors (Lipinski definition) is 3. The van der Waals surface area contributed by atoms with Gasteiger partial charge in [0.05, 0.1) is 0 Å². The Morgan fingerprint density at radius 2 is 2.20 bits per heavy atom. The third kappa shape index (κ3) is 3.72. The molecule has 2 aliphatic rings. The highest BCUT2D eigenvalue weighted by atomic mass is 15.3. The van der Waals surface area contributed by atoms with Crippen molar-refractivity contribution in [3.8, 4) is 11.8 Å². The zero-order valence-electron chi connectivity index (χ0n) is 12.5. The number of allylic oxidation sites excluding steroid dienone is 3. The standard InChI is InChI=1S/C15H17N3.C2H6/c1-3-7-12(4-2)13-9-10-14(16)18-11-6-5-8-15(18)17-13;1-2/h4-8,11,13-14H,2-3,16H2,1H3;1-2H3/b12-7+;. The van der Waals surface area contributed by atoms with E-state index in [9.17, 15) is 0 Å². The van der Waals surface area contributed by atoms with Crippen molar-refractivity contribution in [3.63, 3.8) is 0 Å². The molecule has 2 N–H and O–H groups in total. The maximum absolute atomic E-state index is 6.01. The Morgan fingerprint density at radius 3 is 2.85 bits per heavy atom. The smallest absolute Gasteiger partial charge is 0.146 e. The molecule has 2 unspecified atom stereocenters. The fourth-order valence-corrected chi connectivity index (χ4v) is 1.89. The van der Waals surface area contributed by atoms with Crippen LogP contribution >= 0.6 is 0 Å². The Balaban J connectivity index is 0.000000956. The van der Waals surface area contributed by atoms with Crippen LogP contribution in [0.5, 0.6) is 0 Å². The van der Waals surface area contributed by atoms with Crippen LogP contribution in [0.4, 0.5) is 0 Å². The van der Waals surface area contributed by atoms with E-state index in [-0.39, 0.29) is 12.2 Å². The van der Waals surface area contributed by atoms with Gasteiger partial charge in [0.1, 0.15) is 18.0 Å². The first kappa shape index (κ1) is 16.0. The lowest BCUT2D eigenvalue weighted by atomic mass is 10.1. The molecule has 0 aromatic carbocycles. The maximum Gasteiger partial charge on any atom is 0.146 e. The second-order valence-corrected chi connectivity index (χ2v) is 4.05. The molecular weight excluding hydrogens is 246 g/mol. The monoisotopic (exact) mass is 269 g/mol. The number of hydrogen-bond donors (Lipinski definition) is 1. The van der Waals surface area contributed by atoms with E-state index in [0.717, 1.165) is 17.8 Å². The molecule has 20 heavy (non-hydrogen) atoms. The van der Waals surface area contributed by atoms with Gasteiger partial charge in [-0.2, -0.15) is 0 Å². The van der Waals surface area contributed by atoms with Crippen LogP contribution in [0.1, 0.15) is 27.2 Å². The summed E-state index contributed by atoms with van der Waals surface area (Å²) in [6, 6.07) is -0.176. The largest absolute Gasteiger partial charge is 0.306 e. The van der Waals surface area contributed by atoms with Crippen LogP contribution < -0.4 is 5.73 Å². The highest BCUT2D eigenvalue weighted by Gasteiger charge is 2.20. The highest BCUT2D eigenvalue weighted by molar-refractivity contribution is 5.96. The number of rotatable bonds is 3. The quantitative estimate of drug-likeness (QED) is 0.632. The predicted molar refractivity (Wildman–Crippen MR) is 87.0 cm³/mol. The Kier molecular flexibility index (Phi) is 6.55. The molecule has 0 saturated carbocycles. The Labute approximate surface area is 122 Å². The van der Waals surface area contributed by atoms with Crippen LogP contribution in [0.25, 0.3) is 0 Å². The first-order valence-electron chi connectivity index (χ1n) is 7.06. The second-order valence-electron chi connectivity index (χ2n) is 4.05. The van der Waals surface area contributed by atoms with Gasteiger partial charge >= 0.3 is 0 Å². The van der Waals surface area contributed by atoms with Gasteiger partial charge in [-0.05, 0) is 24.1 Å². The summed E-state index contributed by atoms with van der Waals surface area (Å²) in [5, 5.41) is 0. The lowest BCUT2D eigenvalue weighted by Crippen LogP contribution is -2.40. The average molecular weight is 269 g/mol. The summed E-state index contributed by atoms with van der Waals surface area (Å²) in [6.07, 6.45) is 12.2. The molecule has 2 rings (SSSR count). The molecule has 2 aliphatic heterocycles. The van der Waals surface area contributed by atoms with Gasteiger partial charge in [0.2, 0.25) is 0 Å². The van der Waals surface area contributed by atoms with Crippen molar-refractivity contribution in [2.75, 3.05) is 0 Å². The Bertz CT molecular complexity index is 512. The summed E-state index contributed by atoms with van der Waals surface area (Å²) in [6.45, 7) is 9.91. The number of aliphatic imine (C=N–C) groups is 1. The van der Waals surface area contributed by atoms with Crippen LogP contribution in [0.15, 0.2) is 53.7 Å². The molecule has 0 saturated heterocycles. The fraction of sp³-hybridized carbons (Fsp3) is 0.353. The van der Waals surface area contributed by atoms with Crippen LogP contribution in [0, 0.1) is 11.8 Å².